The fourth-order valence-corrected chi connectivity index (χ4v) is 2.29. The van der Waals surface area contributed by atoms with Gasteiger partial charge in [-0.1, -0.05) is 0 Å². The van der Waals surface area contributed by atoms with E-state index in [0.717, 1.165) is 28.0 Å². The zero-order valence-electron chi connectivity index (χ0n) is 11.6. The predicted molar refractivity (Wildman–Crippen MR) is 84.6 cm³/mol. The van der Waals surface area contributed by atoms with Gasteiger partial charge in [-0.2, -0.15) is 5.10 Å². The number of pyridine rings is 3. The summed E-state index contributed by atoms with van der Waals surface area (Å²) in [6, 6.07) is 9.73. The van der Waals surface area contributed by atoms with E-state index in [-0.39, 0.29) is 0 Å². The van der Waals surface area contributed by atoms with Crippen molar-refractivity contribution in [2.45, 2.75) is 0 Å². The average Bonchev–Trinajstić information content (AvgIpc) is 3.10. The molecule has 4 aromatic rings. The van der Waals surface area contributed by atoms with Crippen LogP contribution in [0.25, 0.3) is 22.3 Å². The van der Waals surface area contributed by atoms with E-state index in [1.54, 1.807) is 24.8 Å². The van der Waals surface area contributed by atoms with Crippen molar-refractivity contribution < 1.29 is 0 Å². The Labute approximate surface area is 126 Å². The van der Waals surface area contributed by atoms with Crippen molar-refractivity contribution in [3.05, 3.63) is 61.3 Å². The Kier molecular flexibility index (Phi) is 2.97. The van der Waals surface area contributed by atoms with E-state index in [1.807, 2.05) is 36.5 Å². The van der Waals surface area contributed by atoms with Crippen molar-refractivity contribution in [3.8, 4) is 11.3 Å². The Morgan fingerprint density at radius 2 is 1.95 bits per heavy atom. The molecule has 0 fully saturated rings. The first-order valence-corrected chi connectivity index (χ1v) is 6.82. The number of hydrogen-bond acceptors (Lipinski definition) is 5. The van der Waals surface area contributed by atoms with Crippen LogP contribution in [0.2, 0.25) is 0 Å². The second kappa shape index (κ2) is 5.25. The summed E-state index contributed by atoms with van der Waals surface area (Å²) >= 11 is 0. The summed E-state index contributed by atoms with van der Waals surface area (Å²) in [5.74, 6) is 0. The molecular weight excluding hydrogens is 276 g/mol. The Bertz CT molecular complexity index is 902. The maximum Gasteiger partial charge on any atom is 0.161 e. The largest absolute Gasteiger partial charge is 0.355 e. The topological polar surface area (TPSA) is 79.4 Å². The number of anilines is 2. The highest BCUT2D eigenvalue weighted by Gasteiger charge is 2.09. The molecule has 0 amide bonds. The van der Waals surface area contributed by atoms with Crippen molar-refractivity contribution in [3.63, 3.8) is 0 Å². The third kappa shape index (κ3) is 2.26. The van der Waals surface area contributed by atoms with Gasteiger partial charge in [0.05, 0.1) is 17.6 Å². The molecule has 4 heterocycles. The van der Waals surface area contributed by atoms with Gasteiger partial charge in [0.1, 0.15) is 0 Å². The van der Waals surface area contributed by atoms with Gasteiger partial charge in [-0.05, 0) is 30.3 Å². The van der Waals surface area contributed by atoms with E-state index in [0.29, 0.717) is 5.65 Å². The first-order valence-electron chi connectivity index (χ1n) is 6.82. The standard InChI is InChI=1S/C16H12N6/c1-2-13-15(21-12-3-6-17-7-4-12)8-14(11-9-19-20-10-11)22-16(13)18-5-1/h1-10H,(H,19,20)(H,17,18,21,22). The lowest BCUT2D eigenvalue weighted by Gasteiger charge is -2.10. The monoisotopic (exact) mass is 288 g/mol. The predicted octanol–water partition coefficient (Wildman–Crippen LogP) is 3.16. The number of fused-ring (bicyclic) bond motifs is 1. The minimum atomic E-state index is 0.692. The third-order valence-electron chi connectivity index (χ3n) is 3.34. The van der Waals surface area contributed by atoms with Crippen LogP contribution < -0.4 is 5.32 Å². The van der Waals surface area contributed by atoms with Crippen LogP contribution in [-0.2, 0) is 0 Å². The fourth-order valence-electron chi connectivity index (χ4n) is 2.29. The molecule has 22 heavy (non-hydrogen) atoms. The molecule has 0 atom stereocenters. The molecule has 0 aliphatic heterocycles. The van der Waals surface area contributed by atoms with Crippen LogP contribution in [0.3, 0.4) is 0 Å². The summed E-state index contributed by atoms with van der Waals surface area (Å²) in [4.78, 5) is 13.0. The van der Waals surface area contributed by atoms with Crippen molar-refractivity contribution in [1.29, 1.82) is 0 Å². The fraction of sp³-hybridized carbons (Fsp3) is 0. The maximum atomic E-state index is 4.60. The molecule has 2 N–H and O–H groups in total. The molecule has 6 heteroatoms. The van der Waals surface area contributed by atoms with Crippen LogP contribution in [0.5, 0.6) is 0 Å². The van der Waals surface area contributed by atoms with Crippen LogP contribution >= 0.6 is 0 Å². The highest BCUT2D eigenvalue weighted by atomic mass is 15.1. The Hall–Kier alpha value is -3.28. The lowest BCUT2D eigenvalue weighted by molar-refractivity contribution is 1.09. The molecule has 0 radical (unpaired) electrons. The molecule has 4 rings (SSSR count). The summed E-state index contributed by atoms with van der Waals surface area (Å²) in [7, 11) is 0. The number of rotatable bonds is 3. The first-order chi connectivity index (χ1) is 10.9. The number of aromatic nitrogens is 5. The summed E-state index contributed by atoms with van der Waals surface area (Å²) in [6.07, 6.45) is 8.80. The van der Waals surface area contributed by atoms with Crippen molar-refractivity contribution in [2.75, 3.05) is 5.32 Å². The second-order valence-electron chi connectivity index (χ2n) is 4.78. The normalized spacial score (nSPS) is 10.7. The minimum absolute atomic E-state index is 0.692. The van der Waals surface area contributed by atoms with E-state index in [1.165, 1.54) is 0 Å². The summed E-state index contributed by atoms with van der Waals surface area (Å²) < 4.78 is 0. The smallest absolute Gasteiger partial charge is 0.161 e. The Morgan fingerprint density at radius 3 is 2.77 bits per heavy atom. The van der Waals surface area contributed by atoms with Crippen LogP contribution in [0.4, 0.5) is 11.4 Å². The third-order valence-corrected chi connectivity index (χ3v) is 3.34. The van der Waals surface area contributed by atoms with E-state index in [9.17, 15) is 0 Å². The van der Waals surface area contributed by atoms with E-state index in [4.69, 9.17) is 0 Å². The van der Waals surface area contributed by atoms with Gasteiger partial charge in [-0.3, -0.25) is 10.1 Å². The van der Waals surface area contributed by atoms with Crippen LogP contribution in [0.15, 0.2) is 61.3 Å². The van der Waals surface area contributed by atoms with Gasteiger partial charge in [0, 0.05) is 41.4 Å². The lowest BCUT2D eigenvalue weighted by Crippen LogP contribution is -1.96. The number of nitrogens with one attached hydrogen (secondary N) is 2. The zero-order chi connectivity index (χ0) is 14.8. The molecule has 0 bridgehead atoms. The molecule has 0 saturated heterocycles. The van der Waals surface area contributed by atoms with Gasteiger partial charge in [-0.25, -0.2) is 9.97 Å². The van der Waals surface area contributed by atoms with E-state index >= 15 is 0 Å². The summed E-state index contributed by atoms with van der Waals surface area (Å²) in [5, 5.41) is 11.1. The van der Waals surface area contributed by atoms with Crippen molar-refractivity contribution in [2.24, 2.45) is 0 Å². The highest BCUT2D eigenvalue weighted by Crippen LogP contribution is 2.28. The van der Waals surface area contributed by atoms with Gasteiger partial charge in [0.15, 0.2) is 5.65 Å². The molecule has 106 valence electrons. The van der Waals surface area contributed by atoms with Crippen LogP contribution in [0, 0.1) is 0 Å². The molecule has 0 aliphatic rings. The molecule has 0 aromatic carbocycles. The van der Waals surface area contributed by atoms with Gasteiger partial charge in [0.2, 0.25) is 0 Å². The molecule has 4 aromatic heterocycles. The summed E-state index contributed by atoms with van der Waals surface area (Å²) in [6.45, 7) is 0. The highest BCUT2D eigenvalue weighted by molar-refractivity contribution is 5.93. The Balaban J connectivity index is 1.88. The van der Waals surface area contributed by atoms with Gasteiger partial charge in [0.25, 0.3) is 0 Å². The SMILES string of the molecule is c1cnc2nc(-c3cn[nH]c3)cc(Nc3ccncc3)c2c1. The zero-order valence-corrected chi connectivity index (χ0v) is 11.6. The van der Waals surface area contributed by atoms with Crippen molar-refractivity contribution >= 4 is 22.4 Å². The lowest BCUT2D eigenvalue weighted by atomic mass is 10.1. The van der Waals surface area contributed by atoms with Gasteiger partial charge in [-0.15, -0.1) is 0 Å². The van der Waals surface area contributed by atoms with Crippen LogP contribution in [-0.4, -0.2) is 25.1 Å². The Morgan fingerprint density at radius 1 is 1.05 bits per heavy atom. The van der Waals surface area contributed by atoms with E-state index in [2.05, 4.69) is 30.5 Å². The first kappa shape index (κ1) is 12.5. The molecule has 0 unspecified atom stereocenters. The quantitative estimate of drug-likeness (QED) is 0.605. The molecule has 0 aliphatic carbocycles. The van der Waals surface area contributed by atoms with Crippen LogP contribution in [0.1, 0.15) is 0 Å². The molecule has 6 nitrogen and oxygen atoms in total. The second-order valence-corrected chi connectivity index (χ2v) is 4.78. The molecule has 0 saturated carbocycles. The minimum Gasteiger partial charge on any atom is -0.355 e. The molecular formula is C16H12N6. The molecule has 0 spiro atoms. The van der Waals surface area contributed by atoms with Gasteiger partial charge >= 0.3 is 0 Å². The van der Waals surface area contributed by atoms with Crippen molar-refractivity contribution in [1.82, 2.24) is 25.1 Å². The van der Waals surface area contributed by atoms with E-state index < -0.39 is 0 Å². The van der Waals surface area contributed by atoms with Gasteiger partial charge < -0.3 is 5.32 Å². The summed E-state index contributed by atoms with van der Waals surface area (Å²) in [5.41, 5.74) is 4.34. The number of hydrogen-bond donors (Lipinski definition) is 2. The number of H-pyrrole nitrogens is 1. The number of nitrogens with zero attached hydrogens (tertiary/aromatic N) is 4. The maximum absolute atomic E-state index is 4.60. The average molecular weight is 288 g/mol. The number of aromatic amines is 1.